The SMILES string of the molecule is Oc1cc(O)cc([C@H](C2CCCCC2)N2CCNCC2)c1. The van der Waals surface area contributed by atoms with Crippen LogP contribution < -0.4 is 5.32 Å². The standard InChI is InChI=1S/C17H26N2O2/c20-15-10-14(11-16(21)12-15)17(13-4-2-1-3-5-13)19-8-6-18-7-9-19/h10-13,17-18,20-21H,1-9H2/t17-/m0/s1. The minimum absolute atomic E-state index is 0.168. The molecular formula is C17H26N2O2. The molecule has 1 aromatic rings. The Morgan fingerprint density at radius 3 is 2.19 bits per heavy atom. The number of phenolic OH excluding ortho intramolecular Hbond substituents is 2. The molecule has 1 saturated carbocycles. The highest BCUT2D eigenvalue weighted by atomic mass is 16.3. The van der Waals surface area contributed by atoms with Crippen molar-refractivity contribution in [3.8, 4) is 11.5 Å². The number of hydrogen-bond donors (Lipinski definition) is 3. The van der Waals surface area contributed by atoms with E-state index in [1.807, 2.05) is 12.1 Å². The molecule has 3 N–H and O–H groups in total. The molecule has 0 radical (unpaired) electrons. The first kappa shape index (κ1) is 14.7. The molecule has 1 heterocycles. The second kappa shape index (κ2) is 6.67. The van der Waals surface area contributed by atoms with Crippen molar-refractivity contribution in [2.75, 3.05) is 26.2 Å². The molecule has 1 atom stereocenters. The molecule has 0 aromatic heterocycles. The summed E-state index contributed by atoms with van der Waals surface area (Å²) in [6.45, 7) is 4.12. The maximum absolute atomic E-state index is 9.85. The second-order valence-electron chi connectivity index (χ2n) is 6.41. The molecule has 1 saturated heterocycles. The lowest BCUT2D eigenvalue weighted by Gasteiger charge is -2.41. The monoisotopic (exact) mass is 290 g/mol. The van der Waals surface area contributed by atoms with Gasteiger partial charge in [0.05, 0.1) is 0 Å². The molecule has 3 rings (SSSR count). The maximum Gasteiger partial charge on any atom is 0.119 e. The Hall–Kier alpha value is -1.26. The van der Waals surface area contributed by atoms with E-state index in [1.165, 1.54) is 38.2 Å². The number of aromatic hydroxyl groups is 2. The fourth-order valence-electron chi connectivity index (χ4n) is 3.98. The fourth-order valence-corrected chi connectivity index (χ4v) is 3.98. The smallest absolute Gasteiger partial charge is 0.119 e. The van der Waals surface area contributed by atoms with Gasteiger partial charge >= 0.3 is 0 Å². The van der Waals surface area contributed by atoms with Crippen molar-refractivity contribution >= 4 is 0 Å². The zero-order valence-electron chi connectivity index (χ0n) is 12.6. The molecule has 21 heavy (non-hydrogen) atoms. The normalized spacial score (nSPS) is 23.0. The van der Waals surface area contributed by atoms with E-state index in [0.29, 0.717) is 12.0 Å². The summed E-state index contributed by atoms with van der Waals surface area (Å²) in [6, 6.07) is 5.41. The third-order valence-corrected chi connectivity index (χ3v) is 4.91. The molecule has 0 unspecified atom stereocenters. The summed E-state index contributed by atoms with van der Waals surface area (Å²) < 4.78 is 0. The van der Waals surface area contributed by atoms with Gasteiger partial charge < -0.3 is 15.5 Å². The molecular weight excluding hydrogens is 264 g/mol. The van der Waals surface area contributed by atoms with Crippen molar-refractivity contribution < 1.29 is 10.2 Å². The highest BCUT2D eigenvalue weighted by Crippen LogP contribution is 2.40. The van der Waals surface area contributed by atoms with Crippen LogP contribution in [-0.4, -0.2) is 41.3 Å². The molecule has 1 aliphatic carbocycles. The summed E-state index contributed by atoms with van der Waals surface area (Å²) >= 11 is 0. The average Bonchev–Trinajstić information content (AvgIpc) is 2.49. The number of nitrogens with zero attached hydrogens (tertiary/aromatic N) is 1. The van der Waals surface area contributed by atoms with Crippen LogP contribution in [0.4, 0.5) is 0 Å². The van der Waals surface area contributed by atoms with Gasteiger partial charge in [0.1, 0.15) is 11.5 Å². The lowest BCUT2D eigenvalue weighted by molar-refractivity contribution is 0.103. The van der Waals surface area contributed by atoms with Gasteiger partial charge in [0.25, 0.3) is 0 Å². The van der Waals surface area contributed by atoms with Crippen LogP contribution in [-0.2, 0) is 0 Å². The van der Waals surface area contributed by atoms with E-state index >= 15 is 0 Å². The first-order valence-electron chi connectivity index (χ1n) is 8.22. The van der Waals surface area contributed by atoms with E-state index < -0.39 is 0 Å². The molecule has 116 valence electrons. The predicted octanol–water partition coefficient (Wildman–Crippen LogP) is 2.62. The van der Waals surface area contributed by atoms with Crippen molar-refractivity contribution in [1.29, 1.82) is 0 Å². The van der Waals surface area contributed by atoms with E-state index in [2.05, 4.69) is 10.2 Å². The molecule has 4 heteroatoms. The molecule has 0 bridgehead atoms. The second-order valence-corrected chi connectivity index (χ2v) is 6.41. The number of rotatable bonds is 3. The molecule has 2 aliphatic rings. The number of benzene rings is 1. The van der Waals surface area contributed by atoms with Gasteiger partial charge in [-0.3, -0.25) is 4.90 Å². The van der Waals surface area contributed by atoms with Crippen LogP contribution in [0, 0.1) is 5.92 Å². The van der Waals surface area contributed by atoms with Crippen molar-refractivity contribution in [1.82, 2.24) is 10.2 Å². The van der Waals surface area contributed by atoms with E-state index in [0.717, 1.165) is 31.7 Å². The number of nitrogens with one attached hydrogen (secondary N) is 1. The Morgan fingerprint density at radius 1 is 0.952 bits per heavy atom. The Labute approximate surface area is 126 Å². The zero-order chi connectivity index (χ0) is 14.7. The highest BCUT2D eigenvalue weighted by molar-refractivity contribution is 5.38. The minimum Gasteiger partial charge on any atom is -0.508 e. The van der Waals surface area contributed by atoms with Crippen molar-refractivity contribution in [3.63, 3.8) is 0 Å². The highest BCUT2D eigenvalue weighted by Gasteiger charge is 2.31. The van der Waals surface area contributed by atoms with E-state index in [-0.39, 0.29) is 11.5 Å². The fraction of sp³-hybridized carbons (Fsp3) is 0.647. The first-order chi connectivity index (χ1) is 10.2. The average molecular weight is 290 g/mol. The molecule has 1 aliphatic heterocycles. The Morgan fingerprint density at radius 2 is 1.57 bits per heavy atom. The van der Waals surface area contributed by atoms with Crippen LogP contribution in [0.15, 0.2) is 18.2 Å². The molecule has 0 spiro atoms. The van der Waals surface area contributed by atoms with E-state index in [1.54, 1.807) is 0 Å². The summed E-state index contributed by atoms with van der Waals surface area (Å²) in [7, 11) is 0. The number of phenols is 2. The van der Waals surface area contributed by atoms with Gasteiger partial charge in [-0.05, 0) is 36.5 Å². The van der Waals surface area contributed by atoms with Crippen LogP contribution in [0.5, 0.6) is 11.5 Å². The van der Waals surface area contributed by atoms with Crippen LogP contribution in [0.25, 0.3) is 0 Å². The Balaban J connectivity index is 1.89. The van der Waals surface area contributed by atoms with Crippen molar-refractivity contribution in [3.05, 3.63) is 23.8 Å². The molecule has 0 amide bonds. The minimum atomic E-state index is 0.168. The summed E-state index contributed by atoms with van der Waals surface area (Å²) in [6.07, 6.45) is 6.46. The van der Waals surface area contributed by atoms with Crippen LogP contribution in [0.1, 0.15) is 43.7 Å². The predicted molar refractivity (Wildman–Crippen MR) is 83.5 cm³/mol. The molecule has 1 aromatic carbocycles. The van der Waals surface area contributed by atoms with Crippen molar-refractivity contribution in [2.45, 2.75) is 38.1 Å². The van der Waals surface area contributed by atoms with E-state index in [9.17, 15) is 10.2 Å². The van der Waals surface area contributed by atoms with Crippen LogP contribution >= 0.6 is 0 Å². The Bertz CT molecular complexity index is 428. The van der Waals surface area contributed by atoms with Crippen LogP contribution in [0.2, 0.25) is 0 Å². The van der Waals surface area contributed by atoms with Crippen molar-refractivity contribution in [2.24, 2.45) is 5.92 Å². The maximum atomic E-state index is 9.85. The summed E-state index contributed by atoms with van der Waals surface area (Å²) in [5, 5.41) is 23.1. The lowest BCUT2D eigenvalue weighted by atomic mass is 9.80. The lowest BCUT2D eigenvalue weighted by Crippen LogP contribution is -2.47. The van der Waals surface area contributed by atoms with E-state index in [4.69, 9.17) is 0 Å². The first-order valence-corrected chi connectivity index (χ1v) is 8.22. The van der Waals surface area contributed by atoms with Gasteiger partial charge in [-0.2, -0.15) is 0 Å². The van der Waals surface area contributed by atoms with Gasteiger partial charge in [0.2, 0.25) is 0 Å². The largest absolute Gasteiger partial charge is 0.508 e. The number of piperazine rings is 1. The summed E-state index contributed by atoms with van der Waals surface area (Å²) in [4.78, 5) is 2.53. The van der Waals surface area contributed by atoms with Gasteiger partial charge in [0.15, 0.2) is 0 Å². The molecule has 2 fully saturated rings. The van der Waals surface area contributed by atoms with Gasteiger partial charge in [-0.15, -0.1) is 0 Å². The van der Waals surface area contributed by atoms with Crippen LogP contribution in [0.3, 0.4) is 0 Å². The molecule has 4 nitrogen and oxygen atoms in total. The van der Waals surface area contributed by atoms with Gasteiger partial charge in [0, 0.05) is 38.3 Å². The zero-order valence-corrected chi connectivity index (χ0v) is 12.6. The van der Waals surface area contributed by atoms with Gasteiger partial charge in [-0.1, -0.05) is 19.3 Å². The summed E-state index contributed by atoms with van der Waals surface area (Å²) in [5.41, 5.74) is 1.07. The third-order valence-electron chi connectivity index (χ3n) is 4.91. The Kier molecular flexibility index (Phi) is 4.66. The van der Waals surface area contributed by atoms with Gasteiger partial charge in [-0.25, -0.2) is 0 Å². The quantitative estimate of drug-likeness (QED) is 0.801. The number of hydrogen-bond acceptors (Lipinski definition) is 4. The summed E-state index contributed by atoms with van der Waals surface area (Å²) in [5.74, 6) is 0.972. The topological polar surface area (TPSA) is 55.7 Å². The third kappa shape index (κ3) is 3.50.